The van der Waals surface area contributed by atoms with E-state index < -0.39 is 0 Å². The summed E-state index contributed by atoms with van der Waals surface area (Å²) in [7, 11) is 0. The standard InChI is InChI=1S/C20H23FN2O/c1-14(2)15-5-3-6-17(11-15)23(9-10-24)13-16-12-18-19(21)7-4-8-20(18)22-16/h3-8,11-12,14,22,24H,9-10,13H2,1-2H3. The Balaban J connectivity index is 1.90. The summed E-state index contributed by atoms with van der Waals surface area (Å²) in [6.07, 6.45) is 0. The smallest absolute Gasteiger partial charge is 0.132 e. The number of nitrogens with zero attached hydrogens (tertiary/aromatic N) is 1. The van der Waals surface area contributed by atoms with Crippen LogP contribution < -0.4 is 4.90 Å². The molecule has 0 aliphatic carbocycles. The average Bonchev–Trinajstić information content (AvgIpc) is 2.99. The second-order valence-corrected chi connectivity index (χ2v) is 6.39. The maximum absolute atomic E-state index is 13.9. The molecule has 0 amide bonds. The van der Waals surface area contributed by atoms with Crippen LogP contribution in [0.3, 0.4) is 0 Å². The van der Waals surface area contributed by atoms with Gasteiger partial charge in [0.2, 0.25) is 0 Å². The Morgan fingerprint density at radius 1 is 1.12 bits per heavy atom. The lowest BCUT2D eigenvalue weighted by atomic mass is 10.0. The van der Waals surface area contributed by atoms with Gasteiger partial charge in [-0.2, -0.15) is 0 Å². The van der Waals surface area contributed by atoms with Gasteiger partial charge in [-0.25, -0.2) is 4.39 Å². The van der Waals surface area contributed by atoms with E-state index in [9.17, 15) is 9.50 Å². The lowest BCUT2D eigenvalue weighted by molar-refractivity contribution is 0.301. The maximum Gasteiger partial charge on any atom is 0.132 e. The summed E-state index contributed by atoms with van der Waals surface area (Å²) in [4.78, 5) is 5.37. The van der Waals surface area contributed by atoms with E-state index in [1.54, 1.807) is 6.07 Å². The molecule has 0 atom stereocenters. The zero-order chi connectivity index (χ0) is 17.1. The molecule has 4 heteroatoms. The van der Waals surface area contributed by atoms with Crippen LogP contribution in [0.2, 0.25) is 0 Å². The largest absolute Gasteiger partial charge is 0.395 e. The van der Waals surface area contributed by atoms with E-state index in [1.165, 1.54) is 11.6 Å². The third kappa shape index (κ3) is 3.44. The zero-order valence-corrected chi connectivity index (χ0v) is 14.1. The van der Waals surface area contributed by atoms with Crippen LogP contribution >= 0.6 is 0 Å². The maximum atomic E-state index is 13.9. The first-order valence-electron chi connectivity index (χ1n) is 8.30. The fourth-order valence-electron chi connectivity index (χ4n) is 2.97. The molecule has 24 heavy (non-hydrogen) atoms. The van der Waals surface area contributed by atoms with E-state index in [2.05, 4.69) is 35.9 Å². The average molecular weight is 326 g/mol. The van der Waals surface area contributed by atoms with Crippen molar-refractivity contribution in [2.24, 2.45) is 0 Å². The third-order valence-electron chi connectivity index (χ3n) is 4.30. The van der Waals surface area contributed by atoms with Crippen LogP contribution in [0.1, 0.15) is 31.0 Å². The van der Waals surface area contributed by atoms with Crippen LogP contribution in [0.25, 0.3) is 10.9 Å². The number of fused-ring (bicyclic) bond motifs is 1. The second-order valence-electron chi connectivity index (χ2n) is 6.39. The Labute approximate surface area is 141 Å². The summed E-state index contributed by atoms with van der Waals surface area (Å²) in [6.45, 7) is 5.52. The van der Waals surface area contributed by atoms with Gasteiger partial charge in [0.1, 0.15) is 5.82 Å². The first-order valence-corrected chi connectivity index (χ1v) is 8.30. The molecular weight excluding hydrogens is 303 g/mol. The number of aromatic amines is 1. The number of aliphatic hydroxyl groups excluding tert-OH is 1. The Bertz CT molecular complexity index is 825. The van der Waals surface area contributed by atoms with Gasteiger partial charge >= 0.3 is 0 Å². The first-order chi connectivity index (χ1) is 11.6. The lowest BCUT2D eigenvalue weighted by Gasteiger charge is -2.24. The zero-order valence-electron chi connectivity index (χ0n) is 14.1. The Morgan fingerprint density at radius 3 is 2.62 bits per heavy atom. The highest BCUT2D eigenvalue weighted by Gasteiger charge is 2.12. The Hall–Kier alpha value is -2.33. The van der Waals surface area contributed by atoms with Crippen molar-refractivity contribution in [3.63, 3.8) is 0 Å². The molecule has 3 aromatic rings. The topological polar surface area (TPSA) is 39.3 Å². The highest BCUT2D eigenvalue weighted by Crippen LogP contribution is 2.24. The van der Waals surface area contributed by atoms with Crippen LogP contribution in [0.4, 0.5) is 10.1 Å². The van der Waals surface area contributed by atoms with Gasteiger partial charge in [0, 0.05) is 28.8 Å². The quantitative estimate of drug-likeness (QED) is 0.703. The molecule has 0 bridgehead atoms. The molecule has 0 saturated heterocycles. The van der Waals surface area contributed by atoms with Crippen molar-refractivity contribution < 1.29 is 9.50 Å². The summed E-state index contributed by atoms with van der Waals surface area (Å²) in [5.74, 6) is 0.230. The van der Waals surface area contributed by atoms with Crippen LogP contribution in [-0.2, 0) is 6.54 Å². The molecule has 0 fully saturated rings. The van der Waals surface area contributed by atoms with E-state index in [0.717, 1.165) is 16.9 Å². The van der Waals surface area contributed by atoms with Gasteiger partial charge in [-0.3, -0.25) is 0 Å². The molecule has 0 aliphatic heterocycles. The number of halogens is 1. The van der Waals surface area contributed by atoms with Crippen molar-refractivity contribution >= 4 is 16.6 Å². The monoisotopic (exact) mass is 326 g/mol. The van der Waals surface area contributed by atoms with Crippen LogP contribution in [0.15, 0.2) is 48.5 Å². The van der Waals surface area contributed by atoms with Crippen LogP contribution in [0.5, 0.6) is 0 Å². The van der Waals surface area contributed by atoms with E-state index in [-0.39, 0.29) is 12.4 Å². The van der Waals surface area contributed by atoms with Crippen molar-refractivity contribution in [2.45, 2.75) is 26.3 Å². The molecule has 0 aliphatic rings. The van der Waals surface area contributed by atoms with Gasteiger partial charge in [-0.05, 0) is 41.8 Å². The predicted octanol–water partition coefficient (Wildman–Crippen LogP) is 4.43. The second kappa shape index (κ2) is 7.05. The summed E-state index contributed by atoms with van der Waals surface area (Å²) in [5, 5.41) is 10.0. The molecule has 3 nitrogen and oxygen atoms in total. The minimum absolute atomic E-state index is 0.0699. The summed E-state index contributed by atoms with van der Waals surface area (Å²) >= 11 is 0. The fourth-order valence-corrected chi connectivity index (χ4v) is 2.97. The van der Waals surface area contributed by atoms with Gasteiger partial charge in [-0.1, -0.05) is 32.0 Å². The number of rotatable bonds is 6. The van der Waals surface area contributed by atoms with E-state index in [1.807, 2.05) is 24.3 Å². The molecule has 0 spiro atoms. The van der Waals surface area contributed by atoms with Crippen LogP contribution in [0, 0.1) is 5.82 Å². The number of hydrogen-bond donors (Lipinski definition) is 2. The number of nitrogens with one attached hydrogen (secondary N) is 1. The van der Waals surface area contributed by atoms with Crippen molar-refractivity contribution in [1.29, 1.82) is 0 Å². The highest BCUT2D eigenvalue weighted by atomic mass is 19.1. The van der Waals surface area contributed by atoms with Gasteiger partial charge in [-0.15, -0.1) is 0 Å². The van der Waals surface area contributed by atoms with Crippen LogP contribution in [-0.4, -0.2) is 23.2 Å². The molecule has 126 valence electrons. The predicted molar refractivity (Wildman–Crippen MR) is 96.9 cm³/mol. The number of anilines is 1. The molecular formula is C20H23FN2O. The molecule has 0 saturated carbocycles. The molecule has 1 aromatic heterocycles. The summed E-state index contributed by atoms with van der Waals surface area (Å²) in [6, 6.07) is 15.3. The normalized spacial score (nSPS) is 11.4. The van der Waals surface area contributed by atoms with Crippen molar-refractivity contribution in [3.05, 3.63) is 65.6 Å². The van der Waals surface area contributed by atoms with E-state index >= 15 is 0 Å². The molecule has 0 unspecified atom stereocenters. The van der Waals surface area contributed by atoms with Gasteiger partial charge in [0.05, 0.1) is 13.2 Å². The lowest BCUT2D eigenvalue weighted by Crippen LogP contribution is -2.26. The number of aromatic nitrogens is 1. The van der Waals surface area contributed by atoms with Crippen molar-refractivity contribution in [1.82, 2.24) is 4.98 Å². The van der Waals surface area contributed by atoms with Crippen molar-refractivity contribution in [3.8, 4) is 0 Å². The summed E-state index contributed by atoms with van der Waals surface area (Å²) < 4.78 is 13.9. The van der Waals surface area contributed by atoms with Gasteiger partial charge < -0.3 is 15.0 Å². The SMILES string of the molecule is CC(C)c1cccc(N(CCO)Cc2cc3c(F)cccc3[nH]2)c1. The Morgan fingerprint density at radius 2 is 1.92 bits per heavy atom. The third-order valence-corrected chi connectivity index (χ3v) is 4.30. The highest BCUT2D eigenvalue weighted by molar-refractivity contribution is 5.81. The molecule has 2 aromatic carbocycles. The molecule has 3 rings (SSSR count). The number of aliphatic hydroxyl groups is 1. The Kier molecular flexibility index (Phi) is 4.86. The number of H-pyrrole nitrogens is 1. The van der Waals surface area contributed by atoms with Gasteiger partial charge in [0.15, 0.2) is 0 Å². The summed E-state index contributed by atoms with van der Waals surface area (Å²) in [5.41, 5.74) is 4.05. The first kappa shape index (κ1) is 16.5. The number of hydrogen-bond acceptors (Lipinski definition) is 2. The minimum atomic E-state index is -0.217. The van der Waals surface area contributed by atoms with E-state index in [4.69, 9.17) is 0 Å². The van der Waals surface area contributed by atoms with E-state index in [0.29, 0.717) is 24.4 Å². The van der Waals surface area contributed by atoms with Crippen molar-refractivity contribution in [2.75, 3.05) is 18.1 Å². The molecule has 1 heterocycles. The molecule has 2 N–H and O–H groups in total. The molecule has 0 radical (unpaired) electrons. The fraction of sp³-hybridized carbons (Fsp3) is 0.300. The van der Waals surface area contributed by atoms with Gasteiger partial charge in [0.25, 0.3) is 0 Å². The number of benzene rings is 2. The minimum Gasteiger partial charge on any atom is -0.395 e.